The van der Waals surface area contributed by atoms with Gasteiger partial charge >= 0.3 is 0 Å². The number of aryl methyl sites for hydroxylation is 1. The molecule has 164 valence electrons. The Morgan fingerprint density at radius 1 is 1.24 bits per heavy atom. The van der Waals surface area contributed by atoms with E-state index in [2.05, 4.69) is 4.72 Å². The van der Waals surface area contributed by atoms with Crippen molar-refractivity contribution in [2.24, 2.45) is 5.92 Å². The highest BCUT2D eigenvalue weighted by Crippen LogP contribution is 2.39. The molecule has 0 amide bonds. The molecule has 2 fully saturated rings. The van der Waals surface area contributed by atoms with Crippen molar-refractivity contribution >= 4 is 20.0 Å². The second-order valence-electron chi connectivity index (χ2n) is 8.16. The minimum absolute atomic E-state index is 0.0224. The van der Waals surface area contributed by atoms with Crippen LogP contribution in [0.2, 0.25) is 0 Å². The Morgan fingerprint density at radius 2 is 1.93 bits per heavy atom. The molecular formula is C19H29FN2O5S2. The Kier molecular flexibility index (Phi) is 6.69. The van der Waals surface area contributed by atoms with E-state index in [0.717, 1.165) is 31.6 Å². The van der Waals surface area contributed by atoms with E-state index >= 15 is 0 Å². The molecule has 0 bridgehead atoms. The summed E-state index contributed by atoms with van der Waals surface area (Å²) in [6.45, 7) is 3.25. The standard InChI is InChI=1S/C19H29FN2O5S2/c1-15-3-4-17(13-18(15)20)29(25,26)22-10-7-19(8-11-22)14-16(6-12-27-19)5-9-21-28(2,23)24/h3-4,13,16,21H,5-12,14H2,1-2H3. The zero-order valence-corrected chi connectivity index (χ0v) is 18.5. The fourth-order valence-corrected chi connectivity index (χ4v) is 6.13. The molecule has 2 saturated heterocycles. The van der Waals surface area contributed by atoms with Crippen molar-refractivity contribution in [2.45, 2.75) is 49.5 Å². The predicted octanol–water partition coefficient (Wildman–Crippen LogP) is 2.02. The van der Waals surface area contributed by atoms with E-state index in [1.54, 1.807) is 6.92 Å². The summed E-state index contributed by atoms with van der Waals surface area (Å²) in [5, 5.41) is 0. The van der Waals surface area contributed by atoms with Crippen molar-refractivity contribution in [3.05, 3.63) is 29.6 Å². The molecule has 1 spiro atoms. The number of rotatable bonds is 6. The summed E-state index contributed by atoms with van der Waals surface area (Å²) in [6, 6.07) is 4.00. The first-order valence-corrected chi connectivity index (χ1v) is 13.2. The highest BCUT2D eigenvalue weighted by molar-refractivity contribution is 7.89. The maximum absolute atomic E-state index is 13.8. The van der Waals surface area contributed by atoms with Crippen LogP contribution >= 0.6 is 0 Å². The number of benzene rings is 1. The Labute approximate surface area is 172 Å². The summed E-state index contributed by atoms with van der Waals surface area (Å²) < 4.78 is 72.0. The molecule has 3 rings (SSSR count). The van der Waals surface area contributed by atoms with Crippen LogP contribution in [0.15, 0.2) is 23.1 Å². The summed E-state index contributed by atoms with van der Waals surface area (Å²) in [4.78, 5) is -0.0224. The first kappa shape index (κ1) is 22.6. The van der Waals surface area contributed by atoms with Gasteiger partial charge in [-0.15, -0.1) is 0 Å². The summed E-state index contributed by atoms with van der Waals surface area (Å²) >= 11 is 0. The average Bonchev–Trinajstić information content (AvgIpc) is 2.63. The molecule has 1 N–H and O–H groups in total. The maximum atomic E-state index is 13.8. The van der Waals surface area contributed by atoms with E-state index in [9.17, 15) is 21.2 Å². The summed E-state index contributed by atoms with van der Waals surface area (Å²) in [7, 11) is -6.94. The minimum Gasteiger partial charge on any atom is -0.375 e. The van der Waals surface area contributed by atoms with Gasteiger partial charge in [-0.05, 0) is 62.6 Å². The van der Waals surface area contributed by atoms with Gasteiger partial charge in [0, 0.05) is 26.2 Å². The van der Waals surface area contributed by atoms with E-state index < -0.39 is 25.9 Å². The third-order valence-electron chi connectivity index (χ3n) is 5.93. The smallest absolute Gasteiger partial charge is 0.243 e. The molecule has 7 nitrogen and oxygen atoms in total. The van der Waals surface area contributed by atoms with Crippen LogP contribution < -0.4 is 4.72 Å². The highest BCUT2D eigenvalue weighted by atomic mass is 32.2. The van der Waals surface area contributed by atoms with Crippen molar-refractivity contribution in [3.63, 3.8) is 0 Å². The molecule has 1 atom stereocenters. The van der Waals surface area contributed by atoms with Crippen LogP contribution in [0.5, 0.6) is 0 Å². The van der Waals surface area contributed by atoms with Gasteiger partial charge in [0.25, 0.3) is 0 Å². The summed E-state index contributed by atoms with van der Waals surface area (Å²) in [5.41, 5.74) is 0.0482. The van der Waals surface area contributed by atoms with Crippen molar-refractivity contribution in [1.82, 2.24) is 9.03 Å². The zero-order valence-electron chi connectivity index (χ0n) is 16.9. The highest BCUT2D eigenvalue weighted by Gasteiger charge is 2.42. The fourth-order valence-electron chi connectivity index (χ4n) is 4.19. The molecule has 2 aliphatic heterocycles. The van der Waals surface area contributed by atoms with Crippen molar-refractivity contribution < 1.29 is 26.0 Å². The Morgan fingerprint density at radius 3 is 2.55 bits per heavy atom. The largest absolute Gasteiger partial charge is 0.375 e. The van der Waals surface area contributed by atoms with Crippen LogP contribution in [0.4, 0.5) is 4.39 Å². The van der Waals surface area contributed by atoms with E-state index in [1.807, 2.05) is 0 Å². The number of hydrogen-bond acceptors (Lipinski definition) is 5. The van der Waals surface area contributed by atoms with Crippen molar-refractivity contribution in [2.75, 3.05) is 32.5 Å². The lowest BCUT2D eigenvalue weighted by Gasteiger charge is -2.46. The number of hydrogen-bond donors (Lipinski definition) is 1. The maximum Gasteiger partial charge on any atom is 0.243 e. The van der Waals surface area contributed by atoms with Gasteiger partial charge in [0.1, 0.15) is 5.82 Å². The van der Waals surface area contributed by atoms with Gasteiger partial charge in [-0.3, -0.25) is 0 Å². The third-order valence-corrected chi connectivity index (χ3v) is 8.55. The van der Waals surface area contributed by atoms with E-state index in [0.29, 0.717) is 50.6 Å². The Bertz CT molecular complexity index is 941. The molecule has 29 heavy (non-hydrogen) atoms. The summed E-state index contributed by atoms with van der Waals surface area (Å²) in [5.74, 6) is -0.187. The zero-order chi connectivity index (χ0) is 21.3. The lowest BCUT2D eigenvalue weighted by Crippen LogP contribution is -2.50. The molecular weight excluding hydrogens is 419 g/mol. The van der Waals surface area contributed by atoms with Crippen LogP contribution in [0.1, 0.15) is 37.7 Å². The van der Waals surface area contributed by atoms with Gasteiger partial charge in [0.05, 0.1) is 16.8 Å². The van der Waals surface area contributed by atoms with Crippen LogP contribution in [-0.4, -0.2) is 59.2 Å². The van der Waals surface area contributed by atoms with E-state index in [1.165, 1.54) is 16.4 Å². The number of nitrogens with zero attached hydrogens (tertiary/aromatic N) is 1. The monoisotopic (exact) mass is 448 g/mol. The average molecular weight is 449 g/mol. The molecule has 0 radical (unpaired) electrons. The molecule has 0 aromatic heterocycles. The third kappa shape index (κ3) is 5.55. The predicted molar refractivity (Wildman–Crippen MR) is 108 cm³/mol. The topological polar surface area (TPSA) is 92.8 Å². The second-order valence-corrected chi connectivity index (χ2v) is 11.9. The molecule has 2 aliphatic rings. The first-order valence-electron chi connectivity index (χ1n) is 9.86. The lowest BCUT2D eigenvalue weighted by molar-refractivity contribution is -0.121. The van der Waals surface area contributed by atoms with Crippen LogP contribution in [0.3, 0.4) is 0 Å². The van der Waals surface area contributed by atoms with E-state index in [4.69, 9.17) is 4.74 Å². The first-order chi connectivity index (χ1) is 13.5. The Balaban J connectivity index is 1.60. The number of sulfonamides is 2. The number of halogens is 1. The second kappa shape index (κ2) is 8.58. The number of nitrogens with one attached hydrogen (secondary N) is 1. The normalized spacial score (nSPS) is 23.3. The van der Waals surface area contributed by atoms with Crippen LogP contribution in [0, 0.1) is 18.7 Å². The lowest BCUT2D eigenvalue weighted by atomic mass is 9.79. The molecule has 10 heteroatoms. The van der Waals surface area contributed by atoms with Gasteiger partial charge in [-0.1, -0.05) is 6.07 Å². The molecule has 1 aromatic carbocycles. The molecule has 0 saturated carbocycles. The van der Waals surface area contributed by atoms with Crippen molar-refractivity contribution in [1.29, 1.82) is 0 Å². The van der Waals surface area contributed by atoms with Gasteiger partial charge in [-0.25, -0.2) is 25.9 Å². The number of ether oxygens (including phenoxy) is 1. The van der Waals surface area contributed by atoms with Gasteiger partial charge in [0.2, 0.25) is 20.0 Å². The SMILES string of the molecule is Cc1ccc(S(=O)(=O)N2CCC3(CC2)CC(CCNS(C)(=O)=O)CCO3)cc1F. The van der Waals surface area contributed by atoms with E-state index in [-0.39, 0.29) is 10.5 Å². The fraction of sp³-hybridized carbons (Fsp3) is 0.684. The number of piperidine rings is 1. The molecule has 2 heterocycles. The van der Waals surface area contributed by atoms with Gasteiger partial charge < -0.3 is 4.74 Å². The van der Waals surface area contributed by atoms with Crippen LogP contribution in [-0.2, 0) is 24.8 Å². The summed E-state index contributed by atoms with van der Waals surface area (Å²) in [6.07, 6.45) is 4.72. The van der Waals surface area contributed by atoms with Crippen LogP contribution in [0.25, 0.3) is 0 Å². The molecule has 1 unspecified atom stereocenters. The minimum atomic E-state index is -3.74. The Hall–Kier alpha value is -1.07. The van der Waals surface area contributed by atoms with Crippen molar-refractivity contribution in [3.8, 4) is 0 Å². The molecule has 0 aliphatic carbocycles. The molecule has 1 aromatic rings. The quantitative estimate of drug-likeness (QED) is 0.719. The van der Waals surface area contributed by atoms with Gasteiger partial charge in [-0.2, -0.15) is 4.31 Å². The van der Waals surface area contributed by atoms with Gasteiger partial charge in [0.15, 0.2) is 0 Å².